The average Bonchev–Trinajstić information content (AvgIpc) is 0.948. The third-order valence-electron chi connectivity index (χ3n) is 28.1. The first-order valence-corrected chi connectivity index (χ1v) is 48.4. The number of carbonyl (C=O) groups is 1. The van der Waals surface area contributed by atoms with Crippen molar-refractivity contribution in [1.29, 1.82) is 0 Å². The van der Waals surface area contributed by atoms with Gasteiger partial charge in [0, 0.05) is 50.9 Å². The lowest BCUT2D eigenvalue weighted by Gasteiger charge is -2.59. The molecule has 0 amide bonds. The Hall–Kier alpha value is -5.30. The number of hydrogen-bond donors (Lipinski definition) is 0. The third kappa shape index (κ3) is 17.0. The molecule has 10 aliphatic rings. The van der Waals surface area contributed by atoms with Gasteiger partial charge in [0.2, 0.25) is 19.9 Å². The summed E-state index contributed by atoms with van der Waals surface area (Å²) in [6, 6.07) is 52.8. The fourth-order valence-electron chi connectivity index (χ4n) is 22.4. The predicted octanol–water partition coefficient (Wildman–Crippen LogP) is 21.0. The van der Waals surface area contributed by atoms with Gasteiger partial charge in [-0.3, -0.25) is 0 Å². The maximum absolute atomic E-state index is 15.3. The van der Waals surface area contributed by atoms with Gasteiger partial charge in [0.05, 0.1) is 68.1 Å². The molecule has 0 unspecified atom stereocenters. The largest absolute Gasteiger partial charge is 0.425 e. The Labute approximate surface area is 689 Å². The van der Waals surface area contributed by atoms with E-state index in [0.29, 0.717) is 80.5 Å². The monoisotopic (exact) mass is 1610 g/mol. The minimum Gasteiger partial charge on any atom is -0.425 e. The van der Waals surface area contributed by atoms with Crippen LogP contribution in [0.4, 0.5) is 0 Å². The normalized spacial score (nSPS) is 35.7. The summed E-state index contributed by atoms with van der Waals surface area (Å²) in [5.41, 5.74) is 4.63. The fourth-order valence-corrected chi connectivity index (χ4v) is 32.6. The molecule has 21 atom stereocenters. The van der Waals surface area contributed by atoms with Crippen LogP contribution in [0.25, 0.3) is 0 Å². The minimum atomic E-state index is -3.30. The van der Waals surface area contributed by atoms with Crippen molar-refractivity contribution in [1.82, 2.24) is 0 Å². The zero-order chi connectivity index (χ0) is 80.8. The summed E-state index contributed by atoms with van der Waals surface area (Å²) in [5, 5.41) is 2.03. The fraction of sp³-hybridized carbons (Fsp3) is 0.622. The molecule has 0 bridgehead atoms. The molecule has 5 spiro atoms. The van der Waals surface area contributed by atoms with Gasteiger partial charge in [-0.15, -0.1) is 0 Å². The lowest BCUT2D eigenvalue weighted by atomic mass is 9.79. The molecule has 10 heterocycles. The van der Waals surface area contributed by atoms with Crippen LogP contribution >= 0.6 is 0 Å². The highest BCUT2D eigenvalue weighted by Gasteiger charge is 2.70. The molecule has 5 aromatic rings. The molecule has 0 saturated carbocycles. The summed E-state index contributed by atoms with van der Waals surface area (Å²) in [4.78, 5) is 15.3. The molecular formula is C98H134O15Si2. The van der Waals surface area contributed by atoms with Crippen molar-refractivity contribution in [3.05, 3.63) is 204 Å². The van der Waals surface area contributed by atoms with Crippen molar-refractivity contribution >= 4 is 33.0 Å². The van der Waals surface area contributed by atoms with E-state index in [1.54, 1.807) is 0 Å². The Morgan fingerprint density at radius 2 is 1.21 bits per heavy atom. The number of carbonyl (C=O) groups excluding carboxylic acids is 1. The van der Waals surface area contributed by atoms with Crippen LogP contribution in [0, 0.1) is 17.8 Å². The molecule has 624 valence electrons. The zero-order valence-corrected chi connectivity index (χ0v) is 73.4. The van der Waals surface area contributed by atoms with Crippen LogP contribution in [0.15, 0.2) is 188 Å². The van der Waals surface area contributed by atoms with Crippen molar-refractivity contribution in [3.63, 3.8) is 0 Å². The molecule has 0 radical (unpaired) electrons. The molecule has 15 rings (SSSR count). The minimum absolute atomic E-state index is 0.0191. The number of benzene rings is 5. The second-order valence-corrected chi connectivity index (χ2v) is 47.9. The molecular weight excluding hydrogens is 1470 g/mol. The number of ether oxygens (including phenoxy) is 12. The Morgan fingerprint density at radius 1 is 0.617 bits per heavy atom. The first-order valence-electron chi connectivity index (χ1n) is 44.4. The first kappa shape index (κ1) is 84.7. The highest BCUT2D eigenvalue weighted by molar-refractivity contribution is 6.99. The summed E-state index contributed by atoms with van der Waals surface area (Å²) >= 11 is 0. The standard InChI is InChI=1S/C98H134O15Si2/c1-66(2)114(67(3)4,68(5)6)111-85(62-72(10)87-71(9)51-57-94(108-87)54-31-32-60-101-94)88-73(11)89(112-115(92(12,13)14,79-41-27-19-28-42-79)80-43-29-20-30-44-80)90-83(102-88)53-59-95(109-90)58-52-77(103-95)48-47-70(8)84-61-69(7)63-96(105-84)86(100-65-74-35-21-16-22-36-74)50-49-78(104-96)64-93(15)91(99)110-97(55-33-45-81(106-97)75-37-23-17-24-38-75)98(113-93)56-34-46-82(107-98)76-39-25-18-26-40-76/h16-30,35-44,47-48,63,66-68,70-72,77-78,81-90H,11,31-34,45-46,49-62,64-65H2,1-10,12-15H3/b48-47+/t70-,71-,72+,77+,78+,81-,82+,83-,84+,85+,86-,87+,88+,89-,90-,93-,94+,95-,96-,97+,98+/m1/s1. The van der Waals surface area contributed by atoms with Crippen molar-refractivity contribution in [2.75, 3.05) is 6.61 Å². The highest BCUT2D eigenvalue weighted by Crippen LogP contribution is 2.59. The van der Waals surface area contributed by atoms with Gasteiger partial charge in [-0.2, -0.15) is 0 Å². The second kappa shape index (κ2) is 34.7. The summed E-state index contributed by atoms with van der Waals surface area (Å²) in [6.45, 7) is 38.8. The van der Waals surface area contributed by atoms with Gasteiger partial charge in [0.1, 0.15) is 18.3 Å². The van der Waals surface area contributed by atoms with Crippen LogP contribution in [0.3, 0.4) is 0 Å². The molecule has 10 aliphatic heterocycles. The van der Waals surface area contributed by atoms with Gasteiger partial charge in [0.25, 0.3) is 14.1 Å². The summed E-state index contributed by atoms with van der Waals surface area (Å²) in [6.07, 6.45) is 16.8. The van der Waals surface area contributed by atoms with Crippen LogP contribution in [0.1, 0.15) is 254 Å². The summed E-state index contributed by atoms with van der Waals surface area (Å²) in [5.74, 6) is -5.78. The number of esters is 1. The van der Waals surface area contributed by atoms with Gasteiger partial charge >= 0.3 is 5.97 Å². The predicted molar refractivity (Wildman–Crippen MR) is 454 cm³/mol. The average molecular weight is 1610 g/mol. The van der Waals surface area contributed by atoms with Crippen molar-refractivity contribution < 1.29 is 70.5 Å². The maximum atomic E-state index is 15.3. The van der Waals surface area contributed by atoms with Gasteiger partial charge in [0.15, 0.2) is 17.2 Å². The van der Waals surface area contributed by atoms with Gasteiger partial charge < -0.3 is 65.7 Å². The van der Waals surface area contributed by atoms with Gasteiger partial charge in [-0.25, -0.2) is 4.79 Å². The maximum Gasteiger partial charge on any atom is 0.341 e. The van der Waals surface area contributed by atoms with Crippen LogP contribution in [0.2, 0.25) is 21.7 Å². The Bertz CT molecular complexity index is 4050. The summed E-state index contributed by atoms with van der Waals surface area (Å²) < 4.78 is 105. The number of hydrogen-bond acceptors (Lipinski definition) is 15. The van der Waals surface area contributed by atoms with Gasteiger partial charge in [-0.05, 0) is 170 Å². The summed E-state index contributed by atoms with van der Waals surface area (Å²) in [7, 11) is -5.89. The molecule has 17 heteroatoms. The van der Waals surface area contributed by atoms with E-state index in [4.69, 9.17) is 72.3 Å². The molecule has 0 N–H and O–H groups in total. The van der Waals surface area contributed by atoms with E-state index in [1.807, 2.05) is 61.5 Å². The van der Waals surface area contributed by atoms with E-state index in [-0.39, 0.29) is 66.0 Å². The van der Waals surface area contributed by atoms with E-state index in [2.05, 4.69) is 205 Å². The molecule has 0 aliphatic carbocycles. The Kier molecular flexibility index (Phi) is 25.5. The Balaban J connectivity index is 0.703. The van der Waals surface area contributed by atoms with Crippen LogP contribution < -0.4 is 10.4 Å². The van der Waals surface area contributed by atoms with Crippen LogP contribution in [-0.2, 0) is 77.1 Å². The van der Waals surface area contributed by atoms with Crippen molar-refractivity contribution in [2.24, 2.45) is 17.8 Å². The highest BCUT2D eigenvalue weighted by atomic mass is 28.4. The van der Waals surface area contributed by atoms with Crippen LogP contribution in [-0.4, -0.2) is 125 Å². The zero-order valence-electron chi connectivity index (χ0n) is 71.4. The van der Waals surface area contributed by atoms with Crippen molar-refractivity contribution in [3.8, 4) is 0 Å². The van der Waals surface area contributed by atoms with E-state index in [1.165, 1.54) is 10.4 Å². The molecule has 9 saturated heterocycles. The number of rotatable bonds is 23. The smallest absolute Gasteiger partial charge is 0.341 e. The van der Waals surface area contributed by atoms with Crippen molar-refractivity contribution in [2.45, 2.75) is 361 Å². The molecule has 5 aromatic carbocycles. The first-order chi connectivity index (χ1) is 55.1. The molecule has 0 aromatic heterocycles. The Morgan fingerprint density at radius 3 is 1.82 bits per heavy atom. The molecule has 9 fully saturated rings. The SMILES string of the molecule is C=C1[C@@H](O[Si](c2ccccc2)(c2ccccc2)C(C)(C)C)[C@@H]2O[C@]3(CC[C@H](/C=C/[C@@H](C)[C@@H]4CC(C)=C[C@@]5(O[C@H](C[C@@]6(C)O[C@@]7(CCC[C@@H](c8ccccc8)O7)[C@]7(CCC[C@H](c8ccccc8)O7)OC6=O)CC[C@H]5OCc5ccccc5)O4)O3)CC[C@H]2O[C@@H]1[C@H](C[C@H](C)[C@H]1O[C@@]2(CCCCO2)CC[C@H]1C)O[Si](C(C)C)(C(C)C)C(C)C. The lowest BCUT2D eigenvalue weighted by molar-refractivity contribution is -0.474. The van der Waals surface area contributed by atoms with Gasteiger partial charge in [-0.1, -0.05) is 259 Å². The topological polar surface area (TPSA) is 146 Å². The van der Waals surface area contributed by atoms with Crippen LogP contribution in [0.5, 0.6) is 0 Å². The van der Waals surface area contributed by atoms with E-state index < -0.39 is 87.7 Å². The lowest BCUT2D eigenvalue weighted by Crippen LogP contribution is -2.72. The van der Waals surface area contributed by atoms with E-state index in [0.717, 1.165) is 105 Å². The quantitative estimate of drug-likeness (QED) is 0.0347. The molecule has 115 heavy (non-hydrogen) atoms. The second-order valence-electron chi connectivity index (χ2n) is 38.3. The van der Waals surface area contributed by atoms with E-state index in [9.17, 15) is 0 Å². The third-order valence-corrected chi connectivity index (χ3v) is 39.3. The number of fused-ring (bicyclic) bond motifs is 2. The van der Waals surface area contributed by atoms with E-state index >= 15 is 4.79 Å². The molecule has 15 nitrogen and oxygen atoms in total.